The molecular weight excluding hydrogens is 200 g/mol. The van der Waals surface area contributed by atoms with E-state index in [0.717, 1.165) is 11.8 Å². The fourth-order valence-corrected chi connectivity index (χ4v) is 2.73. The van der Waals surface area contributed by atoms with Crippen molar-refractivity contribution in [2.45, 2.75) is 40.0 Å². The molecule has 0 bridgehead atoms. The van der Waals surface area contributed by atoms with Crippen molar-refractivity contribution in [1.82, 2.24) is 0 Å². The molecule has 0 heterocycles. The van der Waals surface area contributed by atoms with E-state index in [0.29, 0.717) is 5.41 Å². The van der Waals surface area contributed by atoms with Crippen LogP contribution >= 0.6 is 15.9 Å². The molecule has 1 saturated carbocycles. The first-order valence-corrected chi connectivity index (χ1v) is 5.76. The lowest BCUT2D eigenvalue weighted by Gasteiger charge is -2.29. The monoisotopic (exact) mass is 218 g/mol. The fourth-order valence-electron chi connectivity index (χ4n) is 2.04. The number of hydrogen-bond acceptors (Lipinski definition) is 0. The summed E-state index contributed by atoms with van der Waals surface area (Å²) in [6.07, 6.45) is 4.31. The van der Waals surface area contributed by atoms with Crippen molar-refractivity contribution < 1.29 is 0 Å². The van der Waals surface area contributed by atoms with Gasteiger partial charge in [-0.05, 0) is 36.5 Å². The van der Waals surface area contributed by atoms with Crippen LogP contribution in [0.25, 0.3) is 0 Å². The molecule has 0 radical (unpaired) electrons. The van der Waals surface area contributed by atoms with Gasteiger partial charge in [0, 0.05) is 5.33 Å². The van der Waals surface area contributed by atoms with Crippen molar-refractivity contribution in [2.24, 2.45) is 17.3 Å². The van der Waals surface area contributed by atoms with E-state index in [1.54, 1.807) is 0 Å². The molecule has 0 aromatic rings. The van der Waals surface area contributed by atoms with Gasteiger partial charge in [-0.1, -0.05) is 36.7 Å². The molecule has 1 fully saturated rings. The highest BCUT2D eigenvalue weighted by molar-refractivity contribution is 9.09. The second-order valence-corrected chi connectivity index (χ2v) is 5.22. The van der Waals surface area contributed by atoms with E-state index in [2.05, 4.69) is 36.7 Å². The Labute approximate surface area is 78.9 Å². The van der Waals surface area contributed by atoms with Crippen molar-refractivity contribution in [3.8, 4) is 0 Å². The average molecular weight is 219 g/mol. The quantitative estimate of drug-likeness (QED) is 0.630. The van der Waals surface area contributed by atoms with Gasteiger partial charge in [-0.3, -0.25) is 0 Å². The number of halogens is 1. The van der Waals surface area contributed by atoms with Crippen LogP contribution in [0.1, 0.15) is 40.0 Å². The number of alkyl halides is 1. The van der Waals surface area contributed by atoms with Gasteiger partial charge in [0.15, 0.2) is 0 Å². The summed E-state index contributed by atoms with van der Waals surface area (Å²) in [5.41, 5.74) is 0.591. The zero-order chi connectivity index (χ0) is 8.48. The molecule has 0 nitrogen and oxygen atoms in total. The van der Waals surface area contributed by atoms with Gasteiger partial charge in [-0.2, -0.15) is 0 Å². The Bertz CT molecular complexity index is 127. The van der Waals surface area contributed by atoms with Gasteiger partial charge >= 0.3 is 0 Å². The predicted molar refractivity (Wildman–Crippen MR) is 54.1 cm³/mol. The van der Waals surface area contributed by atoms with Crippen LogP contribution in [-0.2, 0) is 0 Å². The Hall–Kier alpha value is 0.480. The molecule has 1 unspecified atom stereocenters. The molecule has 0 aliphatic heterocycles. The van der Waals surface area contributed by atoms with Gasteiger partial charge in [-0.25, -0.2) is 0 Å². The van der Waals surface area contributed by atoms with Crippen LogP contribution in [0, 0.1) is 17.3 Å². The molecule has 1 aliphatic rings. The summed E-state index contributed by atoms with van der Waals surface area (Å²) in [5.74, 6) is 1.86. The first kappa shape index (κ1) is 9.57. The van der Waals surface area contributed by atoms with E-state index in [1.807, 2.05) is 0 Å². The SMILES string of the molecule is CC(C)CC(C)(CBr)C1CC1. The second-order valence-electron chi connectivity index (χ2n) is 4.66. The van der Waals surface area contributed by atoms with Crippen molar-refractivity contribution in [3.63, 3.8) is 0 Å². The summed E-state index contributed by atoms with van der Waals surface area (Å²) in [7, 11) is 0. The zero-order valence-corrected chi connectivity index (χ0v) is 9.45. The summed E-state index contributed by atoms with van der Waals surface area (Å²) < 4.78 is 0. The van der Waals surface area contributed by atoms with Crippen molar-refractivity contribution >= 4 is 15.9 Å². The summed E-state index contributed by atoms with van der Waals surface area (Å²) in [5, 5.41) is 1.18. The predicted octanol–water partition coefficient (Wildman–Crippen LogP) is 3.84. The highest BCUT2D eigenvalue weighted by Gasteiger charge is 2.40. The lowest BCUT2D eigenvalue weighted by Crippen LogP contribution is -2.23. The molecule has 0 spiro atoms. The van der Waals surface area contributed by atoms with Crippen molar-refractivity contribution in [1.29, 1.82) is 0 Å². The molecule has 11 heavy (non-hydrogen) atoms. The first-order chi connectivity index (χ1) is 5.08. The second kappa shape index (κ2) is 3.47. The van der Waals surface area contributed by atoms with Crippen LogP contribution in [0.5, 0.6) is 0 Å². The van der Waals surface area contributed by atoms with E-state index in [1.165, 1.54) is 24.6 Å². The van der Waals surface area contributed by atoms with Gasteiger partial charge in [0.05, 0.1) is 0 Å². The van der Waals surface area contributed by atoms with E-state index in [-0.39, 0.29) is 0 Å². The molecule has 0 amide bonds. The topological polar surface area (TPSA) is 0 Å². The summed E-state index contributed by atoms with van der Waals surface area (Å²) >= 11 is 3.64. The van der Waals surface area contributed by atoms with Gasteiger partial charge in [0.2, 0.25) is 0 Å². The Morgan fingerprint density at radius 2 is 2.00 bits per heavy atom. The molecule has 66 valence electrons. The van der Waals surface area contributed by atoms with E-state index in [9.17, 15) is 0 Å². The first-order valence-electron chi connectivity index (χ1n) is 4.64. The lowest BCUT2D eigenvalue weighted by molar-refractivity contribution is 0.254. The summed E-state index contributed by atoms with van der Waals surface area (Å²) in [6, 6.07) is 0. The Morgan fingerprint density at radius 1 is 1.45 bits per heavy atom. The van der Waals surface area contributed by atoms with Gasteiger partial charge < -0.3 is 0 Å². The third-order valence-electron chi connectivity index (χ3n) is 2.74. The summed E-state index contributed by atoms with van der Waals surface area (Å²) in [4.78, 5) is 0. The van der Waals surface area contributed by atoms with Crippen LogP contribution in [0.4, 0.5) is 0 Å². The lowest BCUT2D eigenvalue weighted by atomic mass is 9.79. The Balaban J connectivity index is 2.44. The Kier molecular flexibility index (Phi) is 3.02. The third kappa shape index (κ3) is 2.47. The Morgan fingerprint density at radius 3 is 2.27 bits per heavy atom. The minimum Gasteiger partial charge on any atom is -0.0922 e. The molecule has 0 saturated heterocycles. The highest BCUT2D eigenvalue weighted by Crippen LogP contribution is 2.49. The van der Waals surface area contributed by atoms with Gasteiger partial charge in [-0.15, -0.1) is 0 Å². The normalized spacial score (nSPS) is 23.7. The molecule has 1 rings (SSSR count). The van der Waals surface area contributed by atoms with Gasteiger partial charge in [0.25, 0.3) is 0 Å². The van der Waals surface area contributed by atoms with Crippen LogP contribution in [0.15, 0.2) is 0 Å². The minimum atomic E-state index is 0.591. The van der Waals surface area contributed by atoms with E-state index < -0.39 is 0 Å². The number of hydrogen-bond donors (Lipinski definition) is 0. The number of rotatable bonds is 4. The molecule has 1 heteroatoms. The van der Waals surface area contributed by atoms with Crippen LogP contribution in [0.3, 0.4) is 0 Å². The fraction of sp³-hybridized carbons (Fsp3) is 1.00. The van der Waals surface area contributed by atoms with Crippen molar-refractivity contribution in [2.75, 3.05) is 5.33 Å². The summed E-state index contributed by atoms with van der Waals surface area (Å²) in [6.45, 7) is 7.08. The molecule has 0 aromatic carbocycles. The molecule has 0 aromatic heterocycles. The smallest absolute Gasteiger partial charge is 0.00880 e. The molecule has 1 aliphatic carbocycles. The zero-order valence-electron chi connectivity index (χ0n) is 7.86. The maximum Gasteiger partial charge on any atom is 0.00880 e. The molecule has 0 N–H and O–H groups in total. The van der Waals surface area contributed by atoms with Crippen molar-refractivity contribution in [3.05, 3.63) is 0 Å². The van der Waals surface area contributed by atoms with E-state index >= 15 is 0 Å². The maximum atomic E-state index is 3.64. The largest absolute Gasteiger partial charge is 0.0922 e. The molecular formula is C10H19Br. The van der Waals surface area contributed by atoms with E-state index in [4.69, 9.17) is 0 Å². The minimum absolute atomic E-state index is 0.591. The van der Waals surface area contributed by atoms with Crippen LogP contribution in [0.2, 0.25) is 0 Å². The van der Waals surface area contributed by atoms with Gasteiger partial charge in [0.1, 0.15) is 0 Å². The highest BCUT2D eigenvalue weighted by atomic mass is 79.9. The standard InChI is InChI=1S/C10H19Br/c1-8(2)6-10(3,7-11)9-4-5-9/h8-9H,4-7H2,1-3H3. The maximum absolute atomic E-state index is 3.64. The average Bonchev–Trinajstić information content (AvgIpc) is 2.66. The molecule has 1 atom stereocenters. The third-order valence-corrected chi connectivity index (χ3v) is 4.02. The van der Waals surface area contributed by atoms with Crippen LogP contribution in [-0.4, -0.2) is 5.33 Å². The van der Waals surface area contributed by atoms with Crippen LogP contribution < -0.4 is 0 Å².